The average molecular weight is 464 g/mol. The number of nitrogens with one attached hydrogen (secondary N) is 1. The van der Waals surface area contributed by atoms with Crippen LogP contribution in [-0.4, -0.2) is 57.6 Å². The second kappa shape index (κ2) is 10.2. The van der Waals surface area contributed by atoms with Crippen LogP contribution in [0.3, 0.4) is 0 Å². The molecule has 0 saturated carbocycles. The lowest BCUT2D eigenvalue weighted by Crippen LogP contribution is -2.24. The summed E-state index contributed by atoms with van der Waals surface area (Å²) in [7, 11) is 1.62. The van der Waals surface area contributed by atoms with Crippen molar-refractivity contribution in [1.29, 1.82) is 0 Å². The fraction of sp³-hybridized carbons (Fsp3) is 0.360. The van der Waals surface area contributed by atoms with Crippen molar-refractivity contribution < 1.29 is 9.59 Å². The molecule has 0 bridgehead atoms. The van der Waals surface area contributed by atoms with Crippen molar-refractivity contribution in [1.82, 2.24) is 24.6 Å². The average Bonchev–Trinajstić information content (AvgIpc) is 3.41. The molecule has 172 valence electrons. The number of amides is 1. The third-order valence-corrected chi connectivity index (χ3v) is 6.90. The van der Waals surface area contributed by atoms with Gasteiger partial charge in [0.2, 0.25) is 0 Å². The highest BCUT2D eigenvalue weighted by atomic mass is 32.1. The molecule has 1 N–H and O–H groups in total. The molecule has 0 fully saturated rings. The molecule has 4 aromatic rings. The predicted octanol–water partition coefficient (Wildman–Crippen LogP) is 4.67. The Morgan fingerprint density at radius 2 is 1.79 bits per heavy atom. The molecule has 0 atom stereocenters. The third kappa shape index (κ3) is 4.96. The molecular weight excluding hydrogens is 434 g/mol. The minimum Gasteiger partial charge on any atom is -0.355 e. The Morgan fingerprint density at radius 3 is 2.48 bits per heavy atom. The standard InChI is InChI=1S/C25H29N5O2S/c1-4-29(5-2)15-7-6-8-22(31)19-13-14-21-24(27-19)33-25-28-20(16-30(21)25)17-9-11-18(12-10-17)23(32)26-3/h9-14,16H,4-8,15H2,1-3H3,(H,26,32). The summed E-state index contributed by atoms with van der Waals surface area (Å²) in [5.74, 6) is -0.0157. The van der Waals surface area contributed by atoms with Gasteiger partial charge in [0.1, 0.15) is 10.5 Å². The van der Waals surface area contributed by atoms with Gasteiger partial charge in [-0.05, 0) is 56.7 Å². The van der Waals surface area contributed by atoms with E-state index in [0.717, 1.165) is 59.0 Å². The normalized spacial score (nSPS) is 11.5. The second-order valence-electron chi connectivity index (χ2n) is 7.97. The molecule has 3 heterocycles. The van der Waals surface area contributed by atoms with Gasteiger partial charge in [0.05, 0.1) is 11.2 Å². The summed E-state index contributed by atoms with van der Waals surface area (Å²) >= 11 is 1.48. The number of thiazole rings is 1. The number of ketones is 1. The molecule has 0 aliphatic heterocycles. The minimum atomic E-state index is -0.112. The Balaban J connectivity index is 1.47. The summed E-state index contributed by atoms with van der Waals surface area (Å²) in [6.07, 6.45) is 4.40. The first kappa shape index (κ1) is 23.1. The van der Waals surface area contributed by atoms with E-state index < -0.39 is 0 Å². The van der Waals surface area contributed by atoms with Gasteiger partial charge in [-0.15, -0.1) is 0 Å². The van der Waals surface area contributed by atoms with Gasteiger partial charge < -0.3 is 10.2 Å². The highest BCUT2D eigenvalue weighted by Gasteiger charge is 2.15. The van der Waals surface area contributed by atoms with Crippen LogP contribution in [0.25, 0.3) is 26.6 Å². The smallest absolute Gasteiger partial charge is 0.251 e. The highest BCUT2D eigenvalue weighted by molar-refractivity contribution is 7.23. The molecule has 0 radical (unpaired) electrons. The summed E-state index contributed by atoms with van der Waals surface area (Å²) in [4.78, 5) is 37.8. The second-order valence-corrected chi connectivity index (χ2v) is 8.92. The van der Waals surface area contributed by atoms with Gasteiger partial charge in [0, 0.05) is 30.8 Å². The molecule has 3 aromatic heterocycles. The van der Waals surface area contributed by atoms with E-state index in [1.165, 1.54) is 11.3 Å². The third-order valence-electron chi connectivity index (χ3n) is 5.94. The Hall–Kier alpha value is -3.10. The molecule has 0 aliphatic rings. The zero-order valence-electron chi connectivity index (χ0n) is 19.3. The van der Waals surface area contributed by atoms with E-state index in [1.54, 1.807) is 19.2 Å². The first-order chi connectivity index (χ1) is 16.0. The first-order valence-electron chi connectivity index (χ1n) is 11.4. The van der Waals surface area contributed by atoms with E-state index in [9.17, 15) is 9.59 Å². The number of fused-ring (bicyclic) bond motifs is 3. The lowest BCUT2D eigenvalue weighted by Gasteiger charge is -2.17. The van der Waals surface area contributed by atoms with Crippen LogP contribution in [0.4, 0.5) is 0 Å². The largest absolute Gasteiger partial charge is 0.355 e. The van der Waals surface area contributed by atoms with E-state index >= 15 is 0 Å². The lowest BCUT2D eigenvalue weighted by molar-refractivity contribution is 0.0959. The van der Waals surface area contributed by atoms with Crippen LogP contribution in [0.15, 0.2) is 42.6 Å². The molecule has 4 rings (SSSR count). The molecule has 33 heavy (non-hydrogen) atoms. The summed E-state index contributed by atoms with van der Waals surface area (Å²) in [6, 6.07) is 11.2. The maximum Gasteiger partial charge on any atom is 0.251 e. The summed E-state index contributed by atoms with van der Waals surface area (Å²) < 4.78 is 2.01. The Bertz CT molecular complexity index is 1270. The van der Waals surface area contributed by atoms with Crippen molar-refractivity contribution in [3.05, 3.63) is 53.9 Å². The topological polar surface area (TPSA) is 79.6 Å². The predicted molar refractivity (Wildman–Crippen MR) is 133 cm³/mol. The molecule has 1 aromatic carbocycles. The van der Waals surface area contributed by atoms with Crippen molar-refractivity contribution in [2.45, 2.75) is 33.1 Å². The van der Waals surface area contributed by atoms with Gasteiger partial charge in [0.25, 0.3) is 5.91 Å². The Labute approximate surface area is 197 Å². The molecule has 1 amide bonds. The van der Waals surface area contributed by atoms with Gasteiger partial charge in [0.15, 0.2) is 10.7 Å². The van der Waals surface area contributed by atoms with E-state index in [2.05, 4.69) is 29.0 Å². The fourth-order valence-electron chi connectivity index (χ4n) is 3.91. The molecule has 0 saturated heterocycles. The van der Waals surface area contributed by atoms with Crippen LogP contribution in [-0.2, 0) is 0 Å². The highest BCUT2D eigenvalue weighted by Crippen LogP contribution is 2.29. The fourth-order valence-corrected chi connectivity index (χ4v) is 4.89. The number of pyridine rings is 1. The quantitative estimate of drug-likeness (QED) is 0.273. The van der Waals surface area contributed by atoms with Gasteiger partial charge in [-0.25, -0.2) is 9.97 Å². The zero-order valence-corrected chi connectivity index (χ0v) is 20.1. The number of aromatic nitrogens is 3. The monoisotopic (exact) mass is 463 g/mol. The van der Waals surface area contributed by atoms with Crippen molar-refractivity contribution in [3.8, 4) is 11.3 Å². The van der Waals surface area contributed by atoms with Gasteiger partial charge in [-0.1, -0.05) is 37.3 Å². The van der Waals surface area contributed by atoms with E-state index in [1.807, 2.05) is 34.9 Å². The number of carbonyl (C=O) groups excluding carboxylic acids is 2. The van der Waals surface area contributed by atoms with Gasteiger partial charge in [-0.2, -0.15) is 0 Å². The number of carbonyl (C=O) groups is 2. The number of nitrogens with zero attached hydrogens (tertiary/aromatic N) is 4. The number of benzene rings is 1. The van der Waals surface area contributed by atoms with Crippen molar-refractivity contribution in [3.63, 3.8) is 0 Å². The molecular formula is C25H29N5O2S. The van der Waals surface area contributed by atoms with Gasteiger partial charge in [-0.3, -0.25) is 14.0 Å². The number of hydrogen-bond donors (Lipinski definition) is 1. The van der Waals surface area contributed by atoms with Gasteiger partial charge >= 0.3 is 0 Å². The van der Waals surface area contributed by atoms with E-state index in [-0.39, 0.29) is 11.7 Å². The van der Waals surface area contributed by atoms with Crippen LogP contribution in [0, 0.1) is 0 Å². The lowest BCUT2D eigenvalue weighted by atomic mass is 10.1. The van der Waals surface area contributed by atoms with E-state index in [0.29, 0.717) is 17.7 Å². The van der Waals surface area contributed by atoms with Crippen molar-refractivity contribution >= 4 is 38.3 Å². The zero-order chi connectivity index (χ0) is 23.4. The minimum absolute atomic E-state index is 0.0967. The van der Waals surface area contributed by atoms with Crippen LogP contribution in [0.1, 0.15) is 54.0 Å². The molecule has 0 aliphatic carbocycles. The van der Waals surface area contributed by atoms with Crippen molar-refractivity contribution in [2.75, 3.05) is 26.7 Å². The Morgan fingerprint density at radius 1 is 1.03 bits per heavy atom. The SMILES string of the molecule is CCN(CC)CCCCC(=O)c1ccc2c(n1)sc1nc(-c3ccc(C(=O)NC)cc3)cn12. The van der Waals surface area contributed by atoms with Crippen LogP contribution in [0.2, 0.25) is 0 Å². The Kier molecular flexibility index (Phi) is 7.15. The van der Waals surface area contributed by atoms with Crippen LogP contribution in [0.5, 0.6) is 0 Å². The maximum absolute atomic E-state index is 12.6. The number of Topliss-reactive ketones (excluding diaryl/α,β-unsaturated/α-hetero) is 1. The number of imidazole rings is 1. The summed E-state index contributed by atoms with van der Waals surface area (Å²) in [6.45, 7) is 7.46. The number of unbranched alkanes of at least 4 members (excludes halogenated alkanes) is 1. The molecule has 7 nitrogen and oxygen atoms in total. The number of rotatable bonds is 10. The van der Waals surface area contributed by atoms with Crippen molar-refractivity contribution in [2.24, 2.45) is 0 Å². The van der Waals surface area contributed by atoms with Crippen LogP contribution < -0.4 is 5.32 Å². The number of hydrogen-bond acceptors (Lipinski definition) is 6. The summed E-state index contributed by atoms with van der Waals surface area (Å²) in [5, 5.41) is 2.62. The van der Waals surface area contributed by atoms with Crippen LogP contribution >= 0.6 is 11.3 Å². The first-order valence-corrected chi connectivity index (χ1v) is 12.2. The molecule has 8 heteroatoms. The maximum atomic E-state index is 12.6. The molecule has 0 unspecified atom stereocenters. The summed E-state index contributed by atoms with van der Waals surface area (Å²) in [5.41, 5.74) is 3.85. The molecule has 0 spiro atoms. The van der Waals surface area contributed by atoms with E-state index in [4.69, 9.17) is 4.98 Å².